The molecule has 100 valence electrons. The number of hydrogen-bond donors (Lipinski definition) is 3. The third kappa shape index (κ3) is 3.75. The highest BCUT2D eigenvalue weighted by molar-refractivity contribution is 7.90. The largest absolute Gasteiger partial charge is 0.382 e. The predicted octanol–water partition coefficient (Wildman–Crippen LogP) is 0.457. The van der Waals surface area contributed by atoms with Crippen molar-refractivity contribution < 1.29 is 12.8 Å². The number of nitrogens with two attached hydrogens (primary N) is 1. The Bertz CT molecular complexity index is 690. The van der Waals surface area contributed by atoms with Crippen LogP contribution in [0.2, 0.25) is 0 Å². The van der Waals surface area contributed by atoms with E-state index in [1.807, 2.05) is 0 Å². The van der Waals surface area contributed by atoms with E-state index in [0.29, 0.717) is 0 Å². The third-order valence-corrected chi connectivity index (χ3v) is 3.13. The monoisotopic (exact) mass is 283 g/mol. The molecule has 7 nitrogen and oxygen atoms in total. The van der Waals surface area contributed by atoms with Gasteiger partial charge in [0.15, 0.2) is 15.7 Å². The molecule has 0 radical (unpaired) electrons. The highest BCUT2D eigenvalue weighted by Gasteiger charge is 2.11. The lowest BCUT2D eigenvalue weighted by molar-refractivity contribution is 0.600. The van der Waals surface area contributed by atoms with Crippen LogP contribution in [0, 0.1) is 22.6 Å². The van der Waals surface area contributed by atoms with Crippen molar-refractivity contribution in [3.05, 3.63) is 24.0 Å². The van der Waals surface area contributed by atoms with Crippen LogP contribution < -0.4 is 11.2 Å². The molecule has 1 aromatic carbocycles. The van der Waals surface area contributed by atoms with Crippen LogP contribution in [0.15, 0.2) is 28.2 Å². The second-order valence-corrected chi connectivity index (χ2v) is 5.53. The molecule has 1 rings (SSSR count). The zero-order chi connectivity index (χ0) is 14.6. The van der Waals surface area contributed by atoms with Gasteiger partial charge in [0.25, 0.3) is 0 Å². The fourth-order valence-electron chi connectivity index (χ4n) is 1.08. The Morgan fingerprint density at radius 3 is 2.68 bits per heavy atom. The van der Waals surface area contributed by atoms with E-state index in [1.165, 1.54) is 6.07 Å². The van der Waals surface area contributed by atoms with E-state index < -0.39 is 27.2 Å². The Morgan fingerprint density at radius 2 is 2.21 bits per heavy atom. The molecule has 1 aromatic rings. The molecule has 9 heteroatoms. The standard InChI is InChI=1S/C10H10FN5O2S/c1-19(17,18)6-2-3-7(11)8(4-6)15-16-9(5-12)10(13)14/h2-4,15H,1H3,(H3,13,14)/b16-9+. The number of hydrogen-bond acceptors (Lipinski definition) is 6. The number of benzene rings is 1. The summed E-state index contributed by atoms with van der Waals surface area (Å²) in [4.78, 5) is -0.104. The minimum absolute atomic E-state index is 0.104. The highest BCUT2D eigenvalue weighted by atomic mass is 32.2. The third-order valence-electron chi connectivity index (χ3n) is 2.02. The maximum atomic E-state index is 13.4. The summed E-state index contributed by atoms with van der Waals surface area (Å²) in [6.07, 6.45) is 0.976. The first kappa shape index (κ1) is 14.6. The maximum absolute atomic E-state index is 13.4. The van der Waals surface area contributed by atoms with E-state index in [0.717, 1.165) is 24.5 Å². The molecule has 0 bridgehead atoms. The van der Waals surface area contributed by atoms with Gasteiger partial charge in [-0.05, 0) is 18.2 Å². The van der Waals surface area contributed by atoms with Crippen molar-refractivity contribution in [3.8, 4) is 6.07 Å². The summed E-state index contributed by atoms with van der Waals surface area (Å²) in [6.45, 7) is 0. The van der Waals surface area contributed by atoms with Crippen molar-refractivity contribution in [2.24, 2.45) is 10.8 Å². The number of nitrogens with one attached hydrogen (secondary N) is 2. The van der Waals surface area contributed by atoms with Gasteiger partial charge >= 0.3 is 0 Å². The van der Waals surface area contributed by atoms with Crippen LogP contribution in [0.1, 0.15) is 0 Å². The van der Waals surface area contributed by atoms with Gasteiger partial charge in [-0.15, -0.1) is 0 Å². The van der Waals surface area contributed by atoms with Crippen molar-refractivity contribution in [2.45, 2.75) is 4.90 Å². The van der Waals surface area contributed by atoms with Crippen molar-refractivity contribution in [2.75, 3.05) is 11.7 Å². The molecule has 0 aliphatic carbocycles. The van der Waals surface area contributed by atoms with E-state index in [1.54, 1.807) is 0 Å². The van der Waals surface area contributed by atoms with E-state index in [9.17, 15) is 12.8 Å². The van der Waals surface area contributed by atoms with Gasteiger partial charge in [-0.3, -0.25) is 10.8 Å². The van der Waals surface area contributed by atoms with Gasteiger partial charge in [0.05, 0.1) is 10.6 Å². The highest BCUT2D eigenvalue weighted by Crippen LogP contribution is 2.19. The molecule has 0 saturated heterocycles. The summed E-state index contributed by atoms with van der Waals surface area (Å²) in [5, 5.41) is 19.0. The first-order chi connectivity index (χ1) is 8.75. The van der Waals surface area contributed by atoms with Crippen LogP contribution in [0.25, 0.3) is 0 Å². The first-order valence-corrected chi connectivity index (χ1v) is 6.72. The van der Waals surface area contributed by atoms with Gasteiger partial charge in [0, 0.05) is 6.26 Å². The first-order valence-electron chi connectivity index (χ1n) is 4.83. The quantitative estimate of drug-likeness (QED) is 0.319. The minimum Gasteiger partial charge on any atom is -0.382 e. The second kappa shape index (κ2) is 5.45. The summed E-state index contributed by atoms with van der Waals surface area (Å²) >= 11 is 0. The molecule has 19 heavy (non-hydrogen) atoms. The molecular weight excluding hydrogens is 273 g/mol. The van der Waals surface area contributed by atoms with Crippen molar-refractivity contribution in [3.63, 3.8) is 0 Å². The van der Waals surface area contributed by atoms with Gasteiger partial charge in [-0.2, -0.15) is 10.4 Å². The van der Waals surface area contributed by atoms with E-state index >= 15 is 0 Å². The molecule has 0 aromatic heterocycles. The number of nitrogens with zero attached hydrogens (tertiary/aromatic N) is 2. The molecule has 0 aliphatic rings. The number of halogens is 1. The van der Waals surface area contributed by atoms with Gasteiger partial charge in [0.1, 0.15) is 11.9 Å². The van der Waals surface area contributed by atoms with E-state index in [4.69, 9.17) is 16.4 Å². The van der Waals surface area contributed by atoms with Gasteiger partial charge in [-0.1, -0.05) is 0 Å². The lowest BCUT2D eigenvalue weighted by Crippen LogP contribution is -2.22. The van der Waals surface area contributed by atoms with E-state index in [2.05, 4.69) is 10.5 Å². The summed E-state index contributed by atoms with van der Waals surface area (Å²) in [5.74, 6) is -1.34. The summed E-state index contributed by atoms with van der Waals surface area (Å²) in [5.41, 5.74) is 6.53. The Morgan fingerprint density at radius 1 is 1.58 bits per heavy atom. The van der Waals surface area contributed by atoms with Gasteiger partial charge < -0.3 is 5.73 Å². The topological polar surface area (TPSA) is 132 Å². The Hall–Kier alpha value is -2.47. The van der Waals surface area contributed by atoms with Crippen LogP contribution in [0.3, 0.4) is 0 Å². The molecule has 0 fully saturated rings. The molecule has 0 heterocycles. The lowest BCUT2D eigenvalue weighted by atomic mass is 10.3. The molecule has 4 N–H and O–H groups in total. The molecule has 0 unspecified atom stereocenters. The zero-order valence-corrected chi connectivity index (χ0v) is 10.6. The van der Waals surface area contributed by atoms with Gasteiger partial charge in [-0.25, -0.2) is 12.8 Å². The minimum atomic E-state index is -3.49. The van der Waals surface area contributed by atoms with Crippen molar-refractivity contribution in [1.82, 2.24) is 0 Å². The number of hydrazone groups is 1. The van der Waals surface area contributed by atoms with Crippen LogP contribution in [0.4, 0.5) is 10.1 Å². The number of rotatable bonds is 4. The molecule has 0 saturated carbocycles. The average molecular weight is 283 g/mol. The van der Waals surface area contributed by atoms with Crippen LogP contribution in [-0.4, -0.2) is 26.2 Å². The molecule has 0 amide bonds. The van der Waals surface area contributed by atoms with Crippen LogP contribution >= 0.6 is 0 Å². The maximum Gasteiger partial charge on any atom is 0.201 e. The van der Waals surface area contributed by atoms with E-state index in [-0.39, 0.29) is 10.6 Å². The number of nitriles is 1. The molecule has 0 aliphatic heterocycles. The van der Waals surface area contributed by atoms with Crippen molar-refractivity contribution in [1.29, 1.82) is 10.7 Å². The fraction of sp³-hybridized carbons (Fsp3) is 0.100. The normalized spacial score (nSPS) is 11.7. The Labute approximate surface area is 109 Å². The summed E-state index contributed by atoms with van der Waals surface area (Å²) < 4.78 is 36.0. The number of amidine groups is 1. The number of anilines is 1. The van der Waals surface area contributed by atoms with Crippen LogP contribution in [0.5, 0.6) is 0 Å². The zero-order valence-electron chi connectivity index (χ0n) is 9.81. The fourth-order valence-corrected chi connectivity index (χ4v) is 1.73. The lowest BCUT2D eigenvalue weighted by Gasteiger charge is -2.05. The van der Waals surface area contributed by atoms with Crippen LogP contribution in [-0.2, 0) is 9.84 Å². The molecule has 0 spiro atoms. The Kier molecular flexibility index (Phi) is 4.18. The molecular formula is C10H10FN5O2S. The average Bonchev–Trinajstić information content (AvgIpc) is 2.30. The van der Waals surface area contributed by atoms with Crippen molar-refractivity contribution >= 4 is 27.1 Å². The molecule has 0 atom stereocenters. The SMILES string of the molecule is CS(=O)(=O)c1ccc(F)c(N/N=C(\C#N)C(=N)N)c1. The Balaban J connectivity index is 3.16. The summed E-state index contributed by atoms with van der Waals surface area (Å²) in [7, 11) is -3.49. The predicted molar refractivity (Wildman–Crippen MR) is 68.1 cm³/mol. The number of sulfone groups is 1. The summed E-state index contributed by atoms with van der Waals surface area (Å²) in [6, 6.07) is 4.62. The second-order valence-electron chi connectivity index (χ2n) is 3.51. The smallest absolute Gasteiger partial charge is 0.201 e. The van der Waals surface area contributed by atoms with Gasteiger partial charge in [0.2, 0.25) is 5.71 Å².